The predicted molar refractivity (Wildman–Crippen MR) is 114 cm³/mol. The van der Waals surface area contributed by atoms with E-state index < -0.39 is 15.1 Å². The zero-order chi connectivity index (χ0) is 20.7. The molecule has 3 heterocycles. The van der Waals surface area contributed by atoms with E-state index >= 15 is 0 Å². The number of carbonyl (C=O) groups excluding carboxylic acids is 1. The number of hydrogen-bond acceptors (Lipinski definition) is 7. The van der Waals surface area contributed by atoms with Gasteiger partial charge in [0.2, 0.25) is 5.91 Å². The van der Waals surface area contributed by atoms with Gasteiger partial charge in [0, 0.05) is 18.5 Å². The first-order chi connectivity index (χ1) is 14.5. The quantitative estimate of drug-likeness (QED) is 0.714. The number of aliphatic imine (C=N–C) groups is 1. The maximum atomic E-state index is 13.2. The summed E-state index contributed by atoms with van der Waals surface area (Å²) in [6, 6.07) is 7.21. The van der Waals surface area contributed by atoms with Crippen LogP contribution in [0.5, 0.6) is 0 Å². The Morgan fingerprint density at radius 3 is 2.50 bits per heavy atom. The number of amides is 1. The smallest absolute Gasteiger partial charge is 0.233 e. The molecular weight excluding hydrogens is 424 g/mol. The van der Waals surface area contributed by atoms with E-state index in [0.29, 0.717) is 22.1 Å². The highest BCUT2D eigenvalue weighted by Crippen LogP contribution is 2.44. The molecule has 4 aliphatic rings. The third-order valence-electron chi connectivity index (χ3n) is 6.36. The van der Waals surface area contributed by atoms with Gasteiger partial charge in [0.1, 0.15) is 5.25 Å². The molecule has 0 radical (unpaired) electrons. The first kappa shape index (κ1) is 20.5. The third kappa shape index (κ3) is 4.17. The van der Waals surface area contributed by atoms with Gasteiger partial charge in [0.15, 0.2) is 15.0 Å². The topological polar surface area (TPSA) is 94.1 Å². The zero-order valence-corrected chi connectivity index (χ0v) is 18.3. The van der Waals surface area contributed by atoms with Crippen molar-refractivity contribution in [2.24, 2.45) is 10.9 Å². The summed E-state index contributed by atoms with van der Waals surface area (Å²) in [7, 11) is -3.38. The first-order valence-electron chi connectivity index (χ1n) is 10.6. The number of carbonyl (C=O) groups is 1. The molecule has 0 bridgehead atoms. The zero-order valence-electron chi connectivity index (χ0n) is 16.7. The van der Waals surface area contributed by atoms with Crippen molar-refractivity contribution in [1.82, 2.24) is 5.32 Å². The second-order valence-electron chi connectivity index (χ2n) is 8.50. The van der Waals surface area contributed by atoms with Gasteiger partial charge in [-0.2, -0.15) is 0 Å². The van der Waals surface area contributed by atoms with Gasteiger partial charge in [-0.3, -0.25) is 9.79 Å². The molecule has 2 saturated heterocycles. The minimum absolute atomic E-state index is 0.0583. The number of nitrogens with one attached hydrogen (secondary N) is 1. The maximum Gasteiger partial charge on any atom is 0.233 e. The van der Waals surface area contributed by atoms with E-state index in [-0.39, 0.29) is 25.0 Å². The van der Waals surface area contributed by atoms with Crippen LogP contribution in [-0.4, -0.2) is 62.5 Å². The summed E-state index contributed by atoms with van der Waals surface area (Å²) < 4.78 is 35.7. The molecule has 0 aromatic heterocycles. The van der Waals surface area contributed by atoms with Crippen LogP contribution in [-0.2, 0) is 24.1 Å². The molecule has 3 atom stereocenters. The number of nitrogens with zero attached hydrogens (tertiary/aromatic N) is 1. The summed E-state index contributed by atoms with van der Waals surface area (Å²) in [6.07, 6.45) is 3.72. The van der Waals surface area contributed by atoms with Crippen molar-refractivity contribution in [2.75, 3.05) is 26.4 Å². The highest BCUT2D eigenvalue weighted by molar-refractivity contribution is 8.15. The van der Waals surface area contributed by atoms with E-state index in [0.717, 1.165) is 49.6 Å². The lowest BCUT2D eigenvalue weighted by Crippen LogP contribution is -2.40. The lowest BCUT2D eigenvalue weighted by Gasteiger charge is -2.27. The van der Waals surface area contributed by atoms with Crippen LogP contribution in [0.25, 0.3) is 0 Å². The lowest BCUT2D eigenvalue weighted by molar-refractivity contribution is -0.121. The molecule has 30 heavy (non-hydrogen) atoms. The SMILES string of the molecule is O=C(NC1=NC2CC2S1)C(CC1CCOCC1)c1ccc(S(=O)(=O)C2COC2)cc1. The first-order valence-corrected chi connectivity index (χ1v) is 13.0. The molecule has 3 aliphatic heterocycles. The number of ether oxygens (including phenoxy) is 2. The van der Waals surface area contributed by atoms with Crippen LogP contribution in [0.4, 0.5) is 0 Å². The van der Waals surface area contributed by atoms with Crippen LogP contribution in [0, 0.1) is 5.92 Å². The number of thioether (sulfide) groups is 1. The Hall–Kier alpha value is -1.42. The molecule has 1 amide bonds. The van der Waals surface area contributed by atoms with Crippen LogP contribution in [0.3, 0.4) is 0 Å². The van der Waals surface area contributed by atoms with Crippen molar-refractivity contribution in [3.05, 3.63) is 29.8 Å². The number of benzene rings is 1. The largest absolute Gasteiger partial charge is 0.381 e. The molecule has 162 valence electrons. The Morgan fingerprint density at radius 1 is 1.17 bits per heavy atom. The van der Waals surface area contributed by atoms with Crippen LogP contribution in [0.1, 0.15) is 37.2 Å². The van der Waals surface area contributed by atoms with E-state index in [1.807, 2.05) is 0 Å². The summed E-state index contributed by atoms with van der Waals surface area (Å²) in [6.45, 7) is 1.96. The molecule has 1 aromatic carbocycles. The van der Waals surface area contributed by atoms with Gasteiger partial charge in [-0.25, -0.2) is 8.42 Å². The molecule has 3 fully saturated rings. The molecule has 1 aromatic rings. The number of amidine groups is 1. The Kier molecular flexibility index (Phi) is 5.64. The fourth-order valence-electron chi connectivity index (χ4n) is 4.19. The number of rotatable bonds is 6. The molecular formula is C21H26N2O5S2. The third-order valence-corrected chi connectivity index (χ3v) is 9.68. The van der Waals surface area contributed by atoms with E-state index in [9.17, 15) is 13.2 Å². The number of sulfone groups is 1. The van der Waals surface area contributed by atoms with Gasteiger partial charge in [0.25, 0.3) is 0 Å². The summed E-state index contributed by atoms with van der Waals surface area (Å²) in [5, 5.41) is 3.81. The fraction of sp³-hybridized carbons (Fsp3) is 0.619. The van der Waals surface area contributed by atoms with Gasteiger partial charge in [-0.15, -0.1) is 0 Å². The average molecular weight is 451 g/mol. The predicted octanol–water partition coefficient (Wildman–Crippen LogP) is 2.12. The highest BCUT2D eigenvalue weighted by Gasteiger charge is 2.44. The van der Waals surface area contributed by atoms with Crippen LogP contribution in [0.2, 0.25) is 0 Å². The molecule has 9 heteroatoms. The Balaban J connectivity index is 1.34. The van der Waals surface area contributed by atoms with E-state index in [1.54, 1.807) is 36.0 Å². The van der Waals surface area contributed by atoms with Crippen molar-refractivity contribution < 1.29 is 22.7 Å². The average Bonchev–Trinajstić information content (AvgIpc) is 3.31. The molecule has 1 N–H and O–H groups in total. The van der Waals surface area contributed by atoms with Gasteiger partial charge in [0.05, 0.1) is 30.1 Å². The minimum Gasteiger partial charge on any atom is -0.381 e. The number of hydrogen-bond donors (Lipinski definition) is 1. The van der Waals surface area contributed by atoms with Gasteiger partial charge in [-0.1, -0.05) is 23.9 Å². The molecule has 7 nitrogen and oxygen atoms in total. The fourth-order valence-corrected chi connectivity index (χ4v) is 6.79. The second-order valence-corrected chi connectivity index (χ2v) is 12.0. The lowest BCUT2D eigenvalue weighted by atomic mass is 9.84. The molecule has 1 aliphatic carbocycles. The maximum absolute atomic E-state index is 13.2. The van der Waals surface area contributed by atoms with Crippen molar-refractivity contribution >= 4 is 32.7 Å². The minimum atomic E-state index is -3.38. The Labute approximate surface area is 180 Å². The highest BCUT2D eigenvalue weighted by atomic mass is 32.2. The Morgan fingerprint density at radius 2 is 1.90 bits per heavy atom. The van der Waals surface area contributed by atoms with Crippen LogP contribution >= 0.6 is 11.8 Å². The molecule has 3 unspecified atom stereocenters. The monoisotopic (exact) mass is 450 g/mol. The Bertz CT molecular complexity index is 937. The summed E-state index contributed by atoms with van der Waals surface area (Å²) in [5.74, 6) is 0.0192. The van der Waals surface area contributed by atoms with E-state index in [4.69, 9.17) is 9.47 Å². The standard InChI is InChI=1S/C21H26N2O5S2/c24-20(23-21-22-18-10-19(18)29-21)17(9-13-5-7-27-8-6-13)14-1-3-15(4-2-14)30(25,26)16-11-28-12-16/h1-4,13,16-19H,5-12H2,(H,22,23,24). The summed E-state index contributed by atoms with van der Waals surface area (Å²) >= 11 is 1.65. The van der Waals surface area contributed by atoms with Crippen molar-refractivity contribution in [2.45, 2.75) is 53.0 Å². The van der Waals surface area contributed by atoms with Gasteiger partial charge in [-0.05, 0) is 49.3 Å². The van der Waals surface area contributed by atoms with E-state index in [1.165, 1.54) is 0 Å². The molecule has 1 saturated carbocycles. The van der Waals surface area contributed by atoms with Crippen molar-refractivity contribution in [1.29, 1.82) is 0 Å². The van der Waals surface area contributed by atoms with Crippen LogP contribution < -0.4 is 5.32 Å². The van der Waals surface area contributed by atoms with Crippen molar-refractivity contribution in [3.63, 3.8) is 0 Å². The van der Waals surface area contributed by atoms with E-state index in [2.05, 4.69) is 10.3 Å². The van der Waals surface area contributed by atoms with Gasteiger partial charge >= 0.3 is 0 Å². The summed E-state index contributed by atoms with van der Waals surface area (Å²) in [5.41, 5.74) is 0.844. The second kappa shape index (κ2) is 8.26. The molecule has 5 rings (SSSR count). The molecule has 0 spiro atoms. The van der Waals surface area contributed by atoms with Gasteiger partial charge < -0.3 is 14.8 Å². The number of fused-ring (bicyclic) bond motifs is 1. The summed E-state index contributed by atoms with van der Waals surface area (Å²) in [4.78, 5) is 18.0. The normalized spacial score (nSPS) is 27.7. The van der Waals surface area contributed by atoms with Crippen LogP contribution in [0.15, 0.2) is 34.2 Å². The van der Waals surface area contributed by atoms with Crippen molar-refractivity contribution in [3.8, 4) is 0 Å².